The van der Waals surface area contributed by atoms with Gasteiger partial charge < -0.3 is 10.2 Å². The molecule has 1 amide bonds. The molecule has 4 nitrogen and oxygen atoms in total. The van der Waals surface area contributed by atoms with E-state index in [4.69, 9.17) is 11.6 Å². The molecule has 0 aliphatic carbocycles. The van der Waals surface area contributed by atoms with Crippen LogP contribution in [0.1, 0.15) is 30.6 Å². The van der Waals surface area contributed by atoms with Gasteiger partial charge in [0.15, 0.2) is 0 Å². The summed E-state index contributed by atoms with van der Waals surface area (Å²) in [6.45, 7) is 8.90. The van der Waals surface area contributed by atoms with Crippen LogP contribution >= 0.6 is 11.6 Å². The van der Waals surface area contributed by atoms with E-state index in [1.165, 1.54) is 18.2 Å². The van der Waals surface area contributed by atoms with Crippen LogP contribution < -0.4 is 5.32 Å². The number of rotatable bonds is 6. The Balaban J connectivity index is 2.00. The fourth-order valence-corrected chi connectivity index (χ4v) is 3.36. The molecule has 1 saturated heterocycles. The quantitative estimate of drug-likeness (QED) is 0.852. The van der Waals surface area contributed by atoms with Crippen LogP contribution in [0.2, 0.25) is 5.02 Å². The van der Waals surface area contributed by atoms with Gasteiger partial charge in [-0.15, -0.1) is 0 Å². The molecule has 1 fully saturated rings. The number of benzene rings is 1. The number of hydrogen-bond acceptors (Lipinski definition) is 3. The maximum absolute atomic E-state index is 13.9. The number of amides is 1. The third-order valence-electron chi connectivity index (χ3n) is 4.49. The predicted octanol–water partition coefficient (Wildman–Crippen LogP) is 2.87. The summed E-state index contributed by atoms with van der Waals surface area (Å²) in [6, 6.07) is 4.55. The maximum atomic E-state index is 13.9. The normalized spacial score (nSPS) is 17.9. The maximum Gasteiger partial charge on any atom is 0.255 e. The minimum absolute atomic E-state index is 0.0687. The Morgan fingerprint density at radius 3 is 2.54 bits per heavy atom. The van der Waals surface area contributed by atoms with Gasteiger partial charge in [0, 0.05) is 38.8 Å². The number of hydrogen-bond donors (Lipinski definition) is 1. The highest BCUT2D eigenvalue weighted by molar-refractivity contribution is 6.33. The van der Waals surface area contributed by atoms with Crippen molar-refractivity contribution >= 4 is 17.5 Å². The summed E-state index contributed by atoms with van der Waals surface area (Å²) in [5.74, 6) is -0.496. The standard InChI is InChI=1S/C18H27ClFN3O/c1-13(2)11-14(23-9-7-22(3)8-10-23)12-21-18(24)17-15(19)5-4-6-16(17)20/h4-6,13-14H,7-12H2,1-3H3,(H,21,24). The van der Waals surface area contributed by atoms with Crippen molar-refractivity contribution in [2.75, 3.05) is 39.8 Å². The van der Waals surface area contributed by atoms with Crippen LogP contribution in [-0.4, -0.2) is 61.5 Å². The number of likely N-dealkylation sites (N-methyl/N-ethyl adjacent to an activating group) is 1. The average Bonchev–Trinajstić information content (AvgIpc) is 2.52. The first-order valence-electron chi connectivity index (χ1n) is 8.53. The minimum Gasteiger partial charge on any atom is -0.350 e. The van der Waals surface area contributed by atoms with Crippen molar-refractivity contribution in [3.8, 4) is 0 Å². The molecule has 0 radical (unpaired) electrons. The molecule has 1 unspecified atom stereocenters. The molecule has 134 valence electrons. The Kier molecular flexibility index (Phi) is 7.02. The smallest absolute Gasteiger partial charge is 0.255 e. The second-order valence-corrected chi connectivity index (χ2v) is 7.34. The van der Waals surface area contributed by atoms with Crippen LogP contribution in [0.25, 0.3) is 0 Å². The van der Waals surface area contributed by atoms with Crippen LogP contribution in [0.5, 0.6) is 0 Å². The lowest BCUT2D eigenvalue weighted by Crippen LogP contribution is -2.52. The fraction of sp³-hybridized carbons (Fsp3) is 0.611. The highest BCUT2D eigenvalue weighted by atomic mass is 35.5. The molecule has 0 bridgehead atoms. The molecule has 1 heterocycles. The number of carbonyl (C=O) groups excluding carboxylic acids is 1. The van der Waals surface area contributed by atoms with Crippen molar-refractivity contribution in [3.63, 3.8) is 0 Å². The monoisotopic (exact) mass is 355 g/mol. The van der Waals surface area contributed by atoms with Crippen molar-refractivity contribution in [2.45, 2.75) is 26.3 Å². The molecule has 2 rings (SSSR count). The summed E-state index contributed by atoms with van der Waals surface area (Å²) in [6.07, 6.45) is 0.995. The zero-order chi connectivity index (χ0) is 17.7. The molecular formula is C18H27ClFN3O. The molecule has 1 N–H and O–H groups in total. The van der Waals surface area contributed by atoms with Crippen LogP contribution in [0.4, 0.5) is 4.39 Å². The summed E-state index contributed by atoms with van der Waals surface area (Å²) in [4.78, 5) is 17.1. The Morgan fingerprint density at radius 2 is 1.96 bits per heavy atom. The largest absolute Gasteiger partial charge is 0.350 e. The van der Waals surface area contributed by atoms with Gasteiger partial charge in [0.2, 0.25) is 0 Å². The Morgan fingerprint density at radius 1 is 1.29 bits per heavy atom. The first kappa shape index (κ1) is 19.2. The van der Waals surface area contributed by atoms with Gasteiger partial charge in [-0.2, -0.15) is 0 Å². The van der Waals surface area contributed by atoms with Gasteiger partial charge in [-0.1, -0.05) is 31.5 Å². The molecule has 1 aliphatic rings. The second kappa shape index (κ2) is 8.79. The van der Waals surface area contributed by atoms with E-state index in [1.54, 1.807) is 0 Å². The molecule has 1 aliphatic heterocycles. The number of piperazine rings is 1. The van der Waals surface area contributed by atoms with Crippen molar-refractivity contribution < 1.29 is 9.18 Å². The highest BCUT2D eigenvalue weighted by Crippen LogP contribution is 2.19. The Bertz CT molecular complexity index is 539. The van der Waals surface area contributed by atoms with Crippen LogP contribution in [0, 0.1) is 11.7 Å². The third-order valence-corrected chi connectivity index (χ3v) is 4.80. The zero-order valence-corrected chi connectivity index (χ0v) is 15.4. The topological polar surface area (TPSA) is 35.6 Å². The van der Waals surface area contributed by atoms with E-state index in [-0.39, 0.29) is 16.6 Å². The Labute approximate surface area is 149 Å². The number of halogens is 2. The van der Waals surface area contributed by atoms with E-state index in [1.807, 2.05) is 0 Å². The lowest BCUT2D eigenvalue weighted by Gasteiger charge is -2.38. The summed E-state index contributed by atoms with van der Waals surface area (Å²) >= 11 is 5.97. The summed E-state index contributed by atoms with van der Waals surface area (Å²) in [5, 5.41) is 3.02. The number of nitrogens with one attached hydrogen (secondary N) is 1. The molecule has 24 heavy (non-hydrogen) atoms. The third kappa shape index (κ3) is 5.16. The van der Waals surface area contributed by atoms with E-state index in [0.29, 0.717) is 12.5 Å². The Hall–Kier alpha value is -1.17. The van der Waals surface area contributed by atoms with Gasteiger partial charge in [0.25, 0.3) is 5.91 Å². The molecule has 6 heteroatoms. The van der Waals surface area contributed by atoms with E-state index in [0.717, 1.165) is 32.6 Å². The average molecular weight is 356 g/mol. The molecule has 1 atom stereocenters. The number of carbonyl (C=O) groups is 1. The lowest BCUT2D eigenvalue weighted by atomic mass is 10.0. The predicted molar refractivity (Wildman–Crippen MR) is 96.1 cm³/mol. The van der Waals surface area contributed by atoms with Gasteiger partial charge in [0.1, 0.15) is 5.82 Å². The molecule has 0 saturated carbocycles. The van der Waals surface area contributed by atoms with Crippen molar-refractivity contribution in [1.82, 2.24) is 15.1 Å². The van der Waals surface area contributed by atoms with Gasteiger partial charge >= 0.3 is 0 Å². The molecule has 0 aromatic heterocycles. The molecule has 0 spiro atoms. The first-order valence-corrected chi connectivity index (χ1v) is 8.91. The van der Waals surface area contributed by atoms with Gasteiger partial charge in [-0.25, -0.2) is 4.39 Å². The molecule has 1 aromatic rings. The molecule has 1 aromatic carbocycles. The van der Waals surface area contributed by atoms with E-state index < -0.39 is 11.7 Å². The van der Waals surface area contributed by atoms with E-state index in [9.17, 15) is 9.18 Å². The first-order chi connectivity index (χ1) is 11.4. The summed E-state index contributed by atoms with van der Waals surface area (Å²) in [5.41, 5.74) is -0.0687. The van der Waals surface area contributed by atoms with Crippen LogP contribution in [0.3, 0.4) is 0 Å². The van der Waals surface area contributed by atoms with E-state index >= 15 is 0 Å². The van der Waals surface area contributed by atoms with Gasteiger partial charge in [-0.3, -0.25) is 9.69 Å². The SMILES string of the molecule is CC(C)CC(CNC(=O)c1c(F)cccc1Cl)N1CCN(C)CC1. The fourth-order valence-electron chi connectivity index (χ4n) is 3.11. The zero-order valence-electron chi connectivity index (χ0n) is 14.7. The summed E-state index contributed by atoms with van der Waals surface area (Å²) < 4.78 is 13.9. The van der Waals surface area contributed by atoms with E-state index in [2.05, 4.69) is 36.0 Å². The van der Waals surface area contributed by atoms with Crippen molar-refractivity contribution in [3.05, 3.63) is 34.6 Å². The second-order valence-electron chi connectivity index (χ2n) is 6.93. The van der Waals surface area contributed by atoms with Crippen LogP contribution in [-0.2, 0) is 0 Å². The van der Waals surface area contributed by atoms with Crippen molar-refractivity contribution in [1.29, 1.82) is 0 Å². The lowest BCUT2D eigenvalue weighted by molar-refractivity contribution is 0.0848. The summed E-state index contributed by atoms with van der Waals surface area (Å²) in [7, 11) is 2.12. The van der Waals surface area contributed by atoms with Crippen molar-refractivity contribution in [2.24, 2.45) is 5.92 Å². The highest BCUT2D eigenvalue weighted by Gasteiger charge is 2.24. The molecular weight excluding hydrogens is 329 g/mol. The van der Waals surface area contributed by atoms with Gasteiger partial charge in [0.05, 0.1) is 10.6 Å². The van der Waals surface area contributed by atoms with Gasteiger partial charge in [-0.05, 0) is 31.5 Å². The van der Waals surface area contributed by atoms with Crippen LogP contribution in [0.15, 0.2) is 18.2 Å². The number of nitrogens with zero attached hydrogens (tertiary/aromatic N) is 2. The minimum atomic E-state index is -0.583.